The molecule has 2 aromatic carbocycles. The first-order valence-electron chi connectivity index (χ1n) is 8.97. The van der Waals surface area contributed by atoms with Gasteiger partial charge in [0.25, 0.3) is 0 Å². The number of esters is 1. The SMILES string of the molecule is CC(C)(C)c1ccc(CNC(=S)NCc2ccc(C(=O)OCN)c(F)c2)cc1. The summed E-state index contributed by atoms with van der Waals surface area (Å²) in [6.45, 7) is 7.16. The normalized spacial score (nSPS) is 11.0. The molecule has 0 radical (unpaired) electrons. The first kappa shape index (κ1) is 21.8. The molecule has 4 N–H and O–H groups in total. The summed E-state index contributed by atoms with van der Waals surface area (Å²) in [5.74, 6) is -1.44. The molecule has 0 atom stereocenters. The molecule has 28 heavy (non-hydrogen) atoms. The second kappa shape index (κ2) is 9.61. The van der Waals surface area contributed by atoms with Gasteiger partial charge >= 0.3 is 5.97 Å². The third-order valence-electron chi connectivity index (χ3n) is 4.19. The first-order chi connectivity index (χ1) is 13.2. The van der Waals surface area contributed by atoms with Crippen molar-refractivity contribution in [3.8, 4) is 0 Å². The van der Waals surface area contributed by atoms with E-state index in [2.05, 4.69) is 60.4 Å². The van der Waals surface area contributed by atoms with Crippen molar-refractivity contribution in [2.45, 2.75) is 39.3 Å². The van der Waals surface area contributed by atoms with Crippen molar-refractivity contribution >= 4 is 23.3 Å². The fourth-order valence-corrected chi connectivity index (χ4v) is 2.68. The Bertz CT molecular complexity index is 833. The lowest BCUT2D eigenvalue weighted by Gasteiger charge is -2.19. The molecule has 0 saturated heterocycles. The highest BCUT2D eigenvalue weighted by atomic mass is 32.1. The van der Waals surface area contributed by atoms with E-state index < -0.39 is 11.8 Å². The summed E-state index contributed by atoms with van der Waals surface area (Å²) in [6.07, 6.45) is 0. The molecule has 0 aliphatic rings. The van der Waals surface area contributed by atoms with Gasteiger partial charge in [0.2, 0.25) is 0 Å². The number of nitrogens with two attached hydrogens (primary N) is 1. The largest absolute Gasteiger partial charge is 0.446 e. The molecule has 2 rings (SSSR count). The van der Waals surface area contributed by atoms with Crippen LogP contribution in [0.5, 0.6) is 0 Å². The fourth-order valence-electron chi connectivity index (χ4n) is 2.54. The Morgan fingerprint density at radius 3 is 2.18 bits per heavy atom. The van der Waals surface area contributed by atoms with E-state index in [1.54, 1.807) is 6.07 Å². The summed E-state index contributed by atoms with van der Waals surface area (Å²) in [6, 6.07) is 12.7. The molecule has 0 amide bonds. The van der Waals surface area contributed by atoms with Gasteiger partial charge < -0.3 is 15.4 Å². The second-order valence-electron chi connectivity index (χ2n) is 7.40. The van der Waals surface area contributed by atoms with Gasteiger partial charge in [-0.25, -0.2) is 9.18 Å². The Morgan fingerprint density at radius 1 is 1.07 bits per heavy atom. The highest BCUT2D eigenvalue weighted by Gasteiger charge is 2.14. The molecule has 0 bridgehead atoms. The number of benzene rings is 2. The standard InChI is InChI=1S/C21H26FN3O2S/c1-21(2,3)16-7-4-14(5-8-16)11-24-20(28)25-12-15-6-9-17(18(22)10-15)19(26)27-13-23/h4-10H,11-13,23H2,1-3H3,(H2,24,25,28). The molecule has 7 heteroatoms. The van der Waals surface area contributed by atoms with Crippen molar-refractivity contribution in [3.63, 3.8) is 0 Å². The average molecular weight is 404 g/mol. The fraction of sp³-hybridized carbons (Fsp3) is 0.333. The number of hydrogen-bond donors (Lipinski definition) is 3. The lowest BCUT2D eigenvalue weighted by molar-refractivity contribution is 0.0510. The van der Waals surface area contributed by atoms with E-state index in [4.69, 9.17) is 18.0 Å². The minimum Gasteiger partial charge on any atom is -0.446 e. The molecule has 0 spiro atoms. The Hall–Kier alpha value is -2.51. The molecule has 0 aliphatic carbocycles. The molecule has 0 aromatic heterocycles. The van der Waals surface area contributed by atoms with Crippen molar-refractivity contribution in [1.29, 1.82) is 0 Å². The quantitative estimate of drug-likeness (QED) is 0.390. The van der Waals surface area contributed by atoms with Crippen LogP contribution in [0, 0.1) is 5.82 Å². The zero-order valence-electron chi connectivity index (χ0n) is 16.3. The number of hydrogen-bond acceptors (Lipinski definition) is 4. The second-order valence-corrected chi connectivity index (χ2v) is 7.80. The number of halogens is 1. The Morgan fingerprint density at radius 2 is 1.64 bits per heavy atom. The summed E-state index contributed by atoms with van der Waals surface area (Å²) in [4.78, 5) is 11.6. The summed E-state index contributed by atoms with van der Waals surface area (Å²) < 4.78 is 18.6. The van der Waals surface area contributed by atoms with Crippen molar-refractivity contribution in [2.75, 3.05) is 6.73 Å². The molecule has 0 aliphatic heterocycles. The van der Waals surface area contributed by atoms with Crippen LogP contribution in [0.25, 0.3) is 0 Å². The zero-order chi connectivity index (χ0) is 20.7. The van der Waals surface area contributed by atoms with Gasteiger partial charge in [-0.1, -0.05) is 51.1 Å². The maximum absolute atomic E-state index is 14.0. The van der Waals surface area contributed by atoms with Crippen LogP contribution in [0.4, 0.5) is 4.39 Å². The van der Waals surface area contributed by atoms with Crippen molar-refractivity contribution in [1.82, 2.24) is 10.6 Å². The Labute approximate surface area is 170 Å². The monoisotopic (exact) mass is 403 g/mol. The van der Waals surface area contributed by atoms with E-state index in [-0.39, 0.29) is 17.7 Å². The minimum atomic E-state index is -0.783. The molecule has 0 heterocycles. The summed E-state index contributed by atoms with van der Waals surface area (Å²) >= 11 is 5.27. The van der Waals surface area contributed by atoms with Crippen LogP contribution in [0.15, 0.2) is 42.5 Å². The maximum Gasteiger partial charge on any atom is 0.342 e. The van der Waals surface area contributed by atoms with Gasteiger partial charge in [0, 0.05) is 13.1 Å². The van der Waals surface area contributed by atoms with E-state index in [0.29, 0.717) is 23.8 Å². The van der Waals surface area contributed by atoms with Crippen LogP contribution in [0.1, 0.15) is 47.8 Å². The van der Waals surface area contributed by atoms with Gasteiger partial charge in [0.05, 0.1) is 5.56 Å². The van der Waals surface area contributed by atoms with Gasteiger partial charge in [-0.05, 0) is 46.5 Å². The van der Waals surface area contributed by atoms with Gasteiger partial charge in [0.1, 0.15) is 12.5 Å². The molecule has 0 unspecified atom stereocenters. The highest BCUT2D eigenvalue weighted by molar-refractivity contribution is 7.80. The van der Waals surface area contributed by atoms with Crippen molar-refractivity contribution in [2.24, 2.45) is 5.73 Å². The number of carbonyl (C=O) groups is 1. The molecule has 5 nitrogen and oxygen atoms in total. The molecular formula is C21H26FN3O2S. The number of carbonyl (C=O) groups excluding carboxylic acids is 1. The lowest BCUT2D eigenvalue weighted by atomic mass is 9.87. The van der Waals surface area contributed by atoms with E-state index in [1.165, 1.54) is 17.7 Å². The van der Waals surface area contributed by atoms with Crippen LogP contribution in [0.2, 0.25) is 0 Å². The zero-order valence-corrected chi connectivity index (χ0v) is 17.2. The van der Waals surface area contributed by atoms with Gasteiger partial charge in [0.15, 0.2) is 5.11 Å². The number of nitrogens with one attached hydrogen (secondary N) is 2. The molecule has 0 saturated carbocycles. The Kier molecular flexibility index (Phi) is 7.48. The first-order valence-corrected chi connectivity index (χ1v) is 9.38. The van der Waals surface area contributed by atoms with Crippen LogP contribution in [0.3, 0.4) is 0 Å². The topological polar surface area (TPSA) is 76.4 Å². The number of ether oxygens (including phenoxy) is 1. The lowest BCUT2D eigenvalue weighted by Crippen LogP contribution is -2.34. The van der Waals surface area contributed by atoms with E-state index in [9.17, 15) is 9.18 Å². The molecule has 0 fully saturated rings. The van der Waals surface area contributed by atoms with Gasteiger partial charge in [-0.2, -0.15) is 0 Å². The van der Waals surface area contributed by atoms with Crippen molar-refractivity contribution < 1.29 is 13.9 Å². The Balaban J connectivity index is 1.84. The number of rotatable bonds is 6. The molecule has 150 valence electrons. The van der Waals surface area contributed by atoms with E-state index in [1.807, 2.05) is 0 Å². The summed E-state index contributed by atoms with van der Waals surface area (Å²) in [5, 5.41) is 6.62. The summed E-state index contributed by atoms with van der Waals surface area (Å²) in [5.41, 5.74) is 8.15. The van der Waals surface area contributed by atoms with E-state index in [0.717, 1.165) is 5.56 Å². The number of thiocarbonyl (C=S) groups is 1. The molecule has 2 aromatic rings. The highest BCUT2D eigenvalue weighted by Crippen LogP contribution is 2.22. The third kappa shape index (κ3) is 6.28. The van der Waals surface area contributed by atoms with Crippen LogP contribution in [-0.2, 0) is 23.2 Å². The predicted octanol–water partition coefficient (Wildman–Crippen LogP) is 3.36. The third-order valence-corrected chi connectivity index (χ3v) is 4.48. The van der Waals surface area contributed by atoms with Gasteiger partial charge in [-0.15, -0.1) is 0 Å². The van der Waals surface area contributed by atoms with Crippen LogP contribution in [-0.4, -0.2) is 17.8 Å². The smallest absolute Gasteiger partial charge is 0.342 e. The van der Waals surface area contributed by atoms with Gasteiger partial charge in [-0.3, -0.25) is 5.73 Å². The maximum atomic E-state index is 14.0. The van der Waals surface area contributed by atoms with E-state index >= 15 is 0 Å². The molecular weight excluding hydrogens is 377 g/mol. The minimum absolute atomic E-state index is 0.120. The van der Waals surface area contributed by atoms with Crippen molar-refractivity contribution in [3.05, 3.63) is 70.5 Å². The summed E-state index contributed by atoms with van der Waals surface area (Å²) in [7, 11) is 0. The van der Waals surface area contributed by atoms with Crippen LogP contribution < -0.4 is 16.4 Å². The average Bonchev–Trinajstić information content (AvgIpc) is 2.64. The van der Waals surface area contributed by atoms with Crippen LogP contribution >= 0.6 is 12.2 Å². The predicted molar refractivity (Wildman–Crippen MR) is 112 cm³/mol.